The van der Waals surface area contributed by atoms with Gasteiger partial charge in [-0.1, -0.05) is 23.2 Å². The molecule has 0 unspecified atom stereocenters. The van der Waals surface area contributed by atoms with Gasteiger partial charge in [0.1, 0.15) is 29.3 Å². The largest absolute Gasteiger partial charge is 0.486 e. The Morgan fingerprint density at radius 3 is 2.46 bits per heavy atom. The molecule has 2 aromatic carbocycles. The van der Waals surface area contributed by atoms with E-state index in [0.29, 0.717) is 21.7 Å². The molecule has 4 rings (SSSR count). The lowest BCUT2D eigenvalue weighted by molar-refractivity contribution is -0.384. The minimum Gasteiger partial charge on any atom is -0.486 e. The summed E-state index contributed by atoms with van der Waals surface area (Å²) >= 11 is 14.1. The van der Waals surface area contributed by atoms with E-state index in [1.807, 2.05) is 6.07 Å². The first-order valence-corrected chi connectivity index (χ1v) is 12.7. The van der Waals surface area contributed by atoms with Crippen LogP contribution in [0.15, 0.2) is 42.0 Å². The Hall–Kier alpha value is -3.89. The maximum absolute atomic E-state index is 12.9. The first-order valence-electron chi connectivity index (χ1n) is 11.1. The third-order valence-corrected chi connectivity index (χ3v) is 7.51. The molecular formula is C26H18Cl2N4O4S. The molecule has 37 heavy (non-hydrogen) atoms. The summed E-state index contributed by atoms with van der Waals surface area (Å²) < 4.78 is 5.70. The zero-order valence-corrected chi connectivity index (χ0v) is 21.5. The van der Waals surface area contributed by atoms with Crippen molar-refractivity contribution in [2.75, 3.05) is 5.32 Å². The third-order valence-electron chi connectivity index (χ3n) is 5.74. The number of nitrogens with one attached hydrogen (secondary N) is 1. The molecule has 0 atom stereocenters. The summed E-state index contributed by atoms with van der Waals surface area (Å²) in [5, 5.41) is 33.5. The van der Waals surface area contributed by atoms with Crippen LogP contribution in [0.1, 0.15) is 40.0 Å². The van der Waals surface area contributed by atoms with Gasteiger partial charge in [-0.05, 0) is 72.7 Å². The molecule has 186 valence electrons. The number of thiophene rings is 1. The van der Waals surface area contributed by atoms with E-state index in [1.165, 1.54) is 41.7 Å². The smallest absolute Gasteiger partial charge is 0.269 e. The van der Waals surface area contributed by atoms with Gasteiger partial charge in [0.15, 0.2) is 5.75 Å². The molecule has 0 radical (unpaired) electrons. The maximum atomic E-state index is 12.9. The van der Waals surface area contributed by atoms with Crippen molar-refractivity contribution >= 4 is 57.2 Å². The van der Waals surface area contributed by atoms with Crippen molar-refractivity contribution in [3.05, 3.63) is 89.3 Å². The second-order valence-electron chi connectivity index (χ2n) is 8.18. The van der Waals surface area contributed by atoms with Crippen molar-refractivity contribution in [1.82, 2.24) is 0 Å². The van der Waals surface area contributed by atoms with Crippen LogP contribution in [0.4, 0.5) is 10.7 Å². The van der Waals surface area contributed by atoms with E-state index in [1.54, 1.807) is 12.1 Å². The fourth-order valence-corrected chi connectivity index (χ4v) is 5.78. The Kier molecular flexibility index (Phi) is 8.10. The topological polar surface area (TPSA) is 129 Å². The molecule has 0 saturated heterocycles. The van der Waals surface area contributed by atoms with Crippen LogP contribution in [0.3, 0.4) is 0 Å². The average molecular weight is 553 g/mol. The van der Waals surface area contributed by atoms with E-state index in [4.69, 9.17) is 27.9 Å². The summed E-state index contributed by atoms with van der Waals surface area (Å²) in [6.45, 7) is 0.0739. The standard InChI is InChI=1S/C26H18Cl2N4O4S/c27-21-10-16(11-22(28)24(21)36-14-15-5-7-18(8-6-15)32(34)35)9-17(12-29)25(33)31-26-20(13-30)19-3-1-2-4-23(19)37-26/h5-11H,1-4,14H2,(H,31,33)/b17-9+. The molecule has 1 aliphatic rings. The summed E-state index contributed by atoms with van der Waals surface area (Å²) in [7, 11) is 0. The zero-order chi connectivity index (χ0) is 26.5. The van der Waals surface area contributed by atoms with Gasteiger partial charge in [-0.3, -0.25) is 14.9 Å². The maximum Gasteiger partial charge on any atom is 0.269 e. The van der Waals surface area contributed by atoms with Crippen LogP contribution in [0.5, 0.6) is 5.75 Å². The average Bonchev–Trinajstić information content (AvgIpc) is 3.23. The summed E-state index contributed by atoms with van der Waals surface area (Å²) in [5.41, 5.74) is 2.33. The van der Waals surface area contributed by atoms with Gasteiger partial charge >= 0.3 is 0 Å². The first-order chi connectivity index (χ1) is 17.8. The van der Waals surface area contributed by atoms with E-state index in [-0.39, 0.29) is 33.7 Å². The number of anilines is 1. The second kappa shape index (κ2) is 11.4. The summed E-state index contributed by atoms with van der Waals surface area (Å²) in [6.07, 6.45) is 5.09. The van der Waals surface area contributed by atoms with E-state index in [0.717, 1.165) is 36.1 Å². The lowest BCUT2D eigenvalue weighted by Crippen LogP contribution is -2.13. The number of halogens is 2. The number of non-ortho nitro benzene ring substituents is 1. The van der Waals surface area contributed by atoms with Crippen molar-refractivity contribution in [1.29, 1.82) is 10.5 Å². The summed E-state index contributed by atoms with van der Waals surface area (Å²) in [5.74, 6) is -0.437. The fraction of sp³-hybridized carbons (Fsp3) is 0.192. The van der Waals surface area contributed by atoms with Gasteiger partial charge in [-0.25, -0.2) is 0 Å². The Balaban J connectivity index is 1.50. The normalized spacial score (nSPS) is 12.7. The van der Waals surface area contributed by atoms with Crippen LogP contribution in [-0.2, 0) is 24.2 Å². The van der Waals surface area contributed by atoms with E-state index >= 15 is 0 Å². The van der Waals surface area contributed by atoms with Crippen LogP contribution in [0.2, 0.25) is 10.0 Å². The van der Waals surface area contributed by atoms with Gasteiger partial charge in [0, 0.05) is 17.0 Å². The number of nitro benzene ring substituents is 1. The molecule has 0 bridgehead atoms. The first kappa shape index (κ1) is 26.2. The number of nitriles is 2. The van der Waals surface area contributed by atoms with Gasteiger partial charge in [-0.15, -0.1) is 11.3 Å². The molecule has 1 N–H and O–H groups in total. The molecular weight excluding hydrogens is 535 g/mol. The van der Waals surface area contributed by atoms with Crippen LogP contribution >= 0.6 is 34.5 Å². The number of hydrogen-bond acceptors (Lipinski definition) is 7. The number of nitro groups is 1. The minimum absolute atomic E-state index is 0.0317. The number of ether oxygens (including phenoxy) is 1. The minimum atomic E-state index is -0.636. The number of rotatable bonds is 7. The van der Waals surface area contributed by atoms with Crippen LogP contribution in [0, 0.1) is 32.8 Å². The molecule has 0 aliphatic heterocycles. The van der Waals surface area contributed by atoms with Gasteiger partial charge in [0.2, 0.25) is 0 Å². The van der Waals surface area contributed by atoms with E-state index in [9.17, 15) is 25.4 Å². The Labute approximate surface area is 226 Å². The molecule has 8 nitrogen and oxygen atoms in total. The van der Waals surface area contributed by atoms with Gasteiger partial charge in [0.05, 0.1) is 20.5 Å². The summed E-state index contributed by atoms with van der Waals surface area (Å²) in [6, 6.07) is 13.0. The molecule has 0 fully saturated rings. The van der Waals surface area contributed by atoms with E-state index < -0.39 is 10.8 Å². The zero-order valence-electron chi connectivity index (χ0n) is 19.2. The highest BCUT2D eigenvalue weighted by molar-refractivity contribution is 7.16. The predicted molar refractivity (Wildman–Crippen MR) is 142 cm³/mol. The Bertz CT molecular complexity index is 1480. The van der Waals surface area contributed by atoms with Crippen LogP contribution in [0.25, 0.3) is 6.08 Å². The van der Waals surface area contributed by atoms with Gasteiger partial charge in [-0.2, -0.15) is 10.5 Å². The quantitative estimate of drug-likeness (QED) is 0.148. The molecule has 0 spiro atoms. The number of nitrogens with zero attached hydrogens (tertiary/aromatic N) is 3. The number of aryl methyl sites for hydroxylation is 1. The van der Waals surface area contributed by atoms with Gasteiger partial charge in [0.25, 0.3) is 11.6 Å². The number of carbonyl (C=O) groups is 1. The predicted octanol–water partition coefficient (Wildman–Crippen LogP) is 6.84. The van der Waals surface area contributed by atoms with Gasteiger partial charge < -0.3 is 10.1 Å². The molecule has 3 aromatic rings. The number of carbonyl (C=O) groups excluding carboxylic acids is 1. The monoisotopic (exact) mass is 552 g/mol. The number of amides is 1. The number of hydrogen-bond donors (Lipinski definition) is 1. The highest BCUT2D eigenvalue weighted by Crippen LogP contribution is 2.38. The highest BCUT2D eigenvalue weighted by Gasteiger charge is 2.23. The van der Waals surface area contributed by atoms with Crippen molar-refractivity contribution in [2.24, 2.45) is 0 Å². The van der Waals surface area contributed by atoms with E-state index in [2.05, 4.69) is 11.4 Å². The summed E-state index contributed by atoms with van der Waals surface area (Å²) in [4.78, 5) is 24.3. The second-order valence-corrected chi connectivity index (χ2v) is 10.1. The third kappa shape index (κ3) is 5.92. The molecule has 0 saturated carbocycles. The molecule has 11 heteroatoms. The Morgan fingerprint density at radius 1 is 1.16 bits per heavy atom. The lowest BCUT2D eigenvalue weighted by Gasteiger charge is -2.11. The van der Waals surface area contributed by atoms with Crippen molar-refractivity contribution < 1.29 is 14.5 Å². The Morgan fingerprint density at radius 2 is 1.84 bits per heavy atom. The number of benzene rings is 2. The number of fused-ring (bicyclic) bond motifs is 1. The lowest BCUT2D eigenvalue weighted by atomic mass is 9.96. The van der Waals surface area contributed by atoms with Crippen molar-refractivity contribution in [3.8, 4) is 17.9 Å². The molecule has 1 heterocycles. The molecule has 1 aromatic heterocycles. The SMILES string of the molecule is N#C/C(=C\c1cc(Cl)c(OCc2ccc([N+](=O)[O-])cc2)c(Cl)c1)C(=O)Nc1sc2c(c1C#N)CCCC2. The molecule has 1 aliphatic carbocycles. The van der Waals surface area contributed by atoms with Crippen LogP contribution in [-0.4, -0.2) is 10.8 Å². The van der Waals surface area contributed by atoms with Crippen molar-refractivity contribution in [2.45, 2.75) is 32.3 Å². The fourth-order valence-electron chi connectivity index (χ4n) is 3.93. The van der Waals surface area contributed by atoms with Crippen LogP contribution < -0.4 is 10.1 Å². The van der Waals surface area contributed by atoms with Crippen molar-refractivity contribution in [3.63, 3.8) is 0 Å². The molecule has 1 amide bonds. The highest BCUT2D eigenvalue weighted by atomic mass is 35.5.